The van der Waals surface area contributed by atoms with Crippen molar-refractivity contribution in [1.29, 1.82) is 0 Å². The highest BCUT2D eigenvalue weighted by atomic mass is 16.3. The second-order valence-corrected chi connectivity index (χ2v) is 4.42. The van der Waals surface area contributed by atoms with Gasteiger partial charge in [-0.3, -0.25) is 9.59 Å². The standard InChI is InChI=1S/C13H16N2O3/c1-9-10(4-2-5-11(9)16)14-12(17)8-15-7-3-6-13(15)18/h2,4-5,16H,3,6-8H2,1H3,(H,14,17). The van der Waals surface area contributed by atoms with Gasteiger partial charge in [-0.15, -0.1) is 0 Å². The van der Waals surface area contributed by atoms with Gasteiger partial charge in [-0.05, 0) is 25.5 Å². The number of rotatable bonds is 3. The second kappa shape index (κ2) is 5.08. The van der Waals surface area contributed by atoms with E-state index in [0.29, 0.717) is 24.2 Å². The molecular formula is C13H16N2O3. The number of carbonyl (C=O) groups is 2. The highest BCUT2D eigenvalue weighted by Crippen LogP contribution is 2.23. The van der Waals surface area contributed by atoms with Crippen LogP contribution in [0.4, 0.5) is 5.69 Å². The number of phenolic OH excluding ortho intramolecular Hbond substituents is 1. The van der Waals surface area contributed by atoms with Crippen LogP contribution in [0.2, 0.25) is 0 Å². The maximum atomic E-state index is 11.8. The monoisotopic (exact) mass is 248 g/mol. The van der Waals surface area contributed by atoms with E-state index in [9.17, 15) is 14.7 Å². The third-order valence-corrected chi connectivity index (χ3v) is 3.09. The molecule has 1 heterocycles. The SMILES string of the molecule is Cc1c(O)cccc1NC(=O)CN1CCCC1=O. The molecule has 1 aliphatic rings. The number of benzene rings is 1. The maximum Gasteiger partial charge on any atom is 0.244 e. The normalized spacial score (nSPS) is 14.9. The molecule has 5 heteroatoms. The van der Waals surface area contributed by atoms with Crippen molar-refractivity contribution in [2.45, 2.75) is 19.8 Å². The average molecular weight is 248 g/mol. The molecule has 1 aromatic carbocycles. The summed E-state index contributed by atoms with van der Waals surface area (Å²) in [5, 5.41) is 12.2. The molecule has 0 unspecified atom stereocenters. The van der Waals surface area contributed by atoms with E-state index >= 15 is 0 Å². The quantitative estimate of drug-likeness (QED) is 0.846. The summed E-state index contributed by atoms with van der Waals surface area (Å²) < 4.78 is 0. The molecule has 0 radical (unpaired) electrons. The van der Waals surface area contributed by atoms with Gasteiger partial charge in [-0.2, -0.15) is 0 Å². The molecule has 1 aliphatic heterocycles. The van der Waals surface area contributed by atoms with Gasteiger partial charge in [0.15, 0.2) is 0 Å². The summed E-state index contributed by atoms with van der Waals surface area (Å²) in [4.78, 5) is 24.7. The molecule has 96 valence electrons. The lowest BCUT2D eigenvalue weighted by Gasteiger charge is -2.16. The van der Waals surface area contributed by atoms with E-state index < -0.39 is 0 Å². The molecule has 0 bridgehead atoms. The topological polar surface area (TPSA) is 69.6 Å². The Kier molecular flexibility index (Phi) is 3.50. The van der Waals surface area contributed by atoms with Crippen LogP contribution in [0.1, 0.15) is 18.4 Å². The lowest BCUT2D eigenvalue weighted by atomic mass is 10.2. The van der Waals surface area contributed by atoms with Gasteiger partial charge in [0.1, 0.15) is 5.75 Å². The number of phenols is 1. The first-order valence-electron chi connectivity index (χ1n) is 5.94. The van der Waals surface area contributed by atoms with Gasteiger partial charge in [0.05, 0.1) is 6.54 Å². The van der Waals surface area contributed by atoms with Crippen LogP contribution in [-0.4, -0.2) is 34.9 Å². The molecule has 2 amide bonds. The van der Waals surface area contributed by atoms with E-state index in [-0.39, 0.29) is 24.1 Å². The number of likely N-dealkylation sites (tertiary alicyclic amines) is 1. The van der Waals surface area contributed by atoms with Gasteiger partial charge in [-0.25, -0.2) is 0 Å². The van der Waals surface area contributed by atoms with Crippen LogP contribution in [0.5, 0.6) is 5.75 Å². The number of nitrogens with one attached hydrogen (secondary N) is 1. The molecule has 5 nitrogen and oxygen atoms in total. The van der Waals surface area contributed by atoms with Gasteiger partial charge < -0.3 is 15.3 Å². The van der Waals surface area contributed by atoms with Crippen molar-refractivity contribution in [3.8, 4) is 5.75 Å². The van der Waals surface area contributed by atoms with Gasteiger partial charge in [0.25, 0.3) is 0 Å². The van der Waals surface area contributed by atoms with Gasteiger partial charge in [-0.1, -0.05) is 6.07 Å². The van der Waals surface area contributed by atoms with Crippen LogP contribution in [0.3, 0.4) is 0 Å². The smallest absolute Gasteiger partial charge is 0.244 e. The Morgan fingerprint density at radius 2 is 2.28 bits per heavy atom. The molecule has 1 aromatic rings. The summed E-state index contributed by atoms with van der Waals surface area (Å²) in [5.74, 6) is -0.0678. The summed E-state index contributed by atoms with van der Waals surface area (Å²) >= 11 is 0. The van der Waals surface area contributed by atoms with E-state index in [1.54, 1.807) is 30.0 Å². The number of hydrogen-bond donors (Lipinski definition) is 2. The molecule has 0 atom stereocenters. The molecule has 0 spiro atoms. The molecule has 18 heavy (non-hydrogen) atoms. The van der Waals surface area contributed by atoms with Crippen LogP contribution >= 0.6 is 0 Å². The van der Waals surface area contributed by atoms with Crippen LogP contribution in [0.25, 0.3) is 0 Å². The van der Waals surface area contributed by atoms with Gasteiger partial charge in [0, 0.05) is 24.2 Å². The fourth-order valence-electron chi connectivity index (χ4n) is 1.99. The molecule has 0 aromatic heterocycles. The van der Waals surface area contributed by atoms with E-state index in [1.165, 1.54) is 0 Å². The highest BCUT2D eigenvalue weighted by molar-refractivity contribution is 5.95. The van der Waals surface area contributed by atoms with Crippen molar-refractivity contribution in [3.05, 3.63) is 23.8 Å². The Labute approximate surface area is 105 Å². The number of aromatic hydroxyl groups is 1. The first-order valence-corrected chi connectivity index (χ1v) is 5.94. The molecule has 0 aliphatic carbocycles. The van der Waals surface area contributed by atoms with Crippen molar-refractivity contribution >= 4 is 17.5 Å². The van der Waals surface area contributed by atoms with Crippen LogP contribution in [0, 0.1) is 6.92 Å². The fourth-order valence-corrected chi connectivity index (χ4v) is 1.99. The maximum absolute atomic E-state index is 11.8. The van der Waals surface area contributed by atoms with Crippen LogP contribution in [0.15, 0.2) is 18.2 Å². The lowest BCUT2D eigenvalue weighted by Crippen LogP contribution is -2.34. The molecular weight excluding hydrogens is 232 g/mol. The van der Waals surface area contributed by atoms with Gasteiger partial charge >= 0.3 is 0 Å². The predicted molar refractivity (Wildman–Crippen MR) is 67.3 cm³/mol. The molecule has 1 fully saturated rings. The first-order chi connectivity index (χ1) is 8.58. The van der Waals surface area contributed by atoms with E-state index in [0.717, 1.165) is 6.42 Å². The van der Waals surface area contributed by atoms with Crippen molar-refractivity contribution < 1.29 is 14.7 Å². The molecule has 0 saturated carbocycles. The number of hydrogen-bond acceptors (Lipinski definition) is 3. The minimum atomic E-state index is -0.237. The Morgan fingerprint density at radius 1 is 1.50 bits per heavy atom. The largest absolute Gasteiger partial charge is 0.508 e. The Morgan fingerprint density at radius 3 is 2.94 bits per heavy atom. The van der Waals surface area contributed by atoms with E-state index in [1.807, 2.05) is 0 Å². The van der Waals surface area contributed by atoms with Crippen LogP contribution < -0.4 is 5.32 Å². The predicted octanol–water partition coefficient (Wildman–Crippen LogP) is 1.26. The fraction of sp³-hybridized carbons (Fsp3) is 0.385. The molecule has 1 saturated heterocycles. The summed E-state index contributed by atoms with van der Waals surface area (Å²) in [7, 11) is 0. The third kappa shape index (κ3) is 2.61. The summed E-state index contributed by atoms with van der Waals surface area (Å²) in [6.45, 7) is 2.45. The highest BCUT2D eigenvalue weighted by Gasteiger charge is 2.22. The lowest BCUT2D eigenvalue weighted by molar-refractivity contribution is -0.131. The zero-order valence-corrected chi connectivity index (χ0v) is 10.3. The van der Waals surface area contributed by atoms with Crippen molar-refractivity contribution in [2.24, 2.45) is 0 Å². The summed E-state index contributed by atoms with van der Waals surface area (Å²) in [6, 6.07) is 4.95. The summed E-state index contributed by atoms with van der Waals surface area (Å²) in [5.41, 5.74) is 1.20. The number of amides is 2. The Hall–Kier alpha value is -2.04. The minimum Gasteiger partial charge on any atom is -0.508 e. The number of anilines is 1. The number of carbonyl (C=O) groups excluding carboxylic acids is 2. The van der Waals surface area contributed by atoms with Crippen molar-refractivity contribution in [1.82, 2.24) is 4.90 Å². The molecule has 2 N–H and O–H groups in total. The third-order valence-electron chi connectivity index (χ3n) is 3.09. The summed E-state index contributed by atoms with van der Waals surface area (Å²) in [6.07, 6.45) is 1.34. The second-order valence-electron chi connectivity index (χ2n) is 4.42. The van der Waals surface area contributed by atoms with E-state index in [4.69, 9.17) is 0 Å². The van der Waals surface area contributed by atoms with Gasteiger partial charge in [0.2, 0.25) is 11.8 Å². The minimum absolute atomic E-state index is 0.0257. The Bertz CT molecular complexity index is 485. The Balaban J connectivity index is 1.99. The van der Waals surface area contributed by atoms with E-state index in [2.05, 4.69) is 5.32 Å². The van der Waals surface area contributed by atoms with Crippen molar-refractivity contribution in [3.63, 3.8) is 0 Å². The zero-order valence-electron chi connectivity index (χ0n) is 10.3. The first kappa shape index (κ1) is 12.4. The molecule has 2 rings (SSSR count). The number of nitrogens with zero attached hydrogens (tertiary/aromatic N) is 1. The zero-order chi connectivity index (χ0) is 13.1. The average Bonchev–Trinajstić information content (AvgIpc) is 2.71. The van der Waals surface area contributed by atoms with Crippen molar-refractivity contribution in [2.75, 3.05) is 18.4 Å². The van der Waals surface area contributed by atoms with Crippen LogP contribution in [-0.2, 0) is 9.59 Å².